The molecule has 6 nitrogen and oxygen atoms in total. The second kappa shape index (κ2) is 11.3. The van der Waals surface area contributed by atoms with Gasteiger partial charge < -0.3 is 4.74 Å². The molecule has 1 aliphatic heterocycles. The first-order valence-corrected chi connectivity index (χ1v) is 13.8. The summed E-state index contributed by atoms with van der Waals surface area (Å²) < 4.78 is 7.30. The largest absolute Gasteiger partial charge is 0.497 e. The summed E-state index contributed by atoms with van der Waals surface area (Å²) in [7, 11) is 1.61. The van der Waals surface area contributed by atoms with Gasteiger partial charge in [0.25, 0.3) is 5.91 Å². The summed E-state index contributed by atoms with van der Waals surface area (Å²) in [5.41, 5.74) is 3.55. The van der Waals surface area contributed by atoms with E-state index in [1.54, 1.807) is 11.7 Å². The molecule has 2 heterocycles. The number of hydrogen-bond donors (Lipinski definition) is 0. The van der Waals surface area contributed by atoms with Crippen molar-refractivity contribution in [3.05, 3.63) is 94.9 Å². The zero-order chi connectivity index (χ0) is 25.8. The molecule has 0 N–H and O–H groups in total. The van der Waals surface area contributed by atoms with Crippen molar-refractivity contribution in [3.63, 3.8) is 0 Å². The highest BCUT2D eigenvalue weighted by atomic mass is 32.2. The number of carbonyl (C=O) groups excluding carboxylic acids is 2. The Balaban J connectivity index is 1.31. The Morgan fingerprint density at radius 3 is 2.54 bits per heavy atom. The second-order valence-corrected chi connectivity index (χ2v) is 10.9. The molecule has 1 amide bonds. The van der Waals surface area contributed by atoms with Gasteiger partial charge in [-0.25, -0.2) is 4.98 Å². The number of aromatic nitrogens is 2. The van der Waals surface area contributed by atoms with E-state index in [9.17, 15) is 9.59 Å². The molecule has 0 atom stereocenters. The average Bonchev–Trinajstić information content (AvgIpc) is 3.43. The molecule has 0 aliphatic carbocycles. The highest BCUT2D eigenvalue weighted by Crippen LogP contribution is 2.33. The summed E-state index contributed by atoms with van der Waals surface area (Å²) in [5.74, 6) is 1.13. The Bertz CT molecular complexity index is 1500. The van der Waals surface area contributed by atoms with E-state index in [1.165, 1.54) is 28.4 Å². The van der Waals surface area contributed by atoms with Gasteiger partial charge in [0.1, 0.15) is 10.1 Å². The number of thiocarbonyl (C=S) groups is 1. The maximum Gasteiger partial charge on any atom is 0.266 e. The Labute approximate surface area is 228 Å². The van der Waals surface area contributed by atoms with Crippen LogP contribution in [0.4, 0.5) is 0 Å². The lowest BCUT2D eigenvalue weighted by Gasteiger charge is -2.15. The lowest BCUT2D eigenvalue weighted by atomic mass is 10.2. The first kappa shape index (κ1) is 25.3. The van der Waals surface area contributed by atoms with Crippen molar-refractivity contribution < 1.29 is 14.3 Å². The number of thioether (sulfide) groups is 2. The van der Waals surface area contributed by atoms with Crippen molar-refractivity contribution >= 4 is 69.0 Å². The molecule has 0 saturated carbocycles. The summed E-state index contributed by atoms with van der Waals surface area (Å²) in [6, 6.07) is 25.1. The third-order valence-corrected chi connectivity index (χ3v) is 8.21. The summed E-state index contributed by atoms with van der Waals surface area (Å²) in [6.07, 6.45) is 1.93. The van der Waals surface area contributed by atoms with Gasteiger partial charge in [-0.1, -0.05) is 90.3 Å². The average molecular weight is 546 g/mol. The Hall–Kier alpha value is -3.40. The number of methoxy groups -OCH3 is 1. The third-order valence-electron chi connectivity index (χ3n) is 5.83. The molecule has 1 saturated heterocycles. The van der Waals surface area contributed by atoms with Gasteiger partial charge in [-0.05, 0) is 41.5 Å². The normalized spacial score (nSPS) is 14.6. The molecule has 1 fully saturated rings. The fourth-order valence-corrected chi connectivity index (χ4v) is 6.22. The molecule has 4 aromatic rings. The van der Waals surface area contributed by atoms with Gasteiger partial charge >= 0.3 is 0 Å². The summed E-state index contributed by atoms with van der Waals surface area (Å²) in [6.45, 7) is 0.207. The second-order valence-electron chi connectivity index (χ2n) is 8.24. The highest BCUT2D eigenvalue weighted by Gasteiger charge is 2.32. The molecule has 1 aromatic heterocycles. The van der Waals surface area contributed by atoms with E-state index >= 15 is 0 Å². The maximum atomic E-state index is 13.5. The van der Waals surface area contributed by atoms with Crippen LogP contribution in [0.15, 0.2) is 88.9 Å². The molecule has 186 valence electrons. The quantitative estimate of drug-likeness (QED) is 0.147. The number of carbonyl (C=O) groups is 2. The standard InChI is InChI=1S/C28H23N3O3S3/c1-34-21-13-11-19(12-14-21)17-24-26(33)30(28(35)37-24)16-15-25(32)31-23-10-6-5-9-22(23)29-27(31)36-18-20-7-3-2-4-8-20/h2-14,17H,15-16,18H2,1H3/b24-17-. The van der Waals surface area contributed by atoms with Gasteiger partial charge in [0.2, 0.25) is 5.91 Å². The number of nitrogens with zero attached hydrogens (tertiary/aromatic N) is 3. The molecule has 0 radical (unpaired) electrons. The fourth-order valence-electron chi connectivity index (χ4n) is 3.93. The number of hydrogen-bond acceptors (Lipinski definition) is 7. The smallest absolute Gasteiger partial charge is 0.266 e. The number of benzene rings is 3. The minimum atomic E-state index is -0.187. The van der Waals surface area contributed by atoms with E-state index in [-0.39, 0.29) is 24.8 Å². The van der Waals surface area contributed by atoms with Gasteiger partial charge in [0, 0.05) is 18.7 Å². The summed E-state index contributed by atoms with van der Waals surface area (Å²) >= 11 is 8.24. The van der Waals surface area contributed by atoms with Crippen LogP contribution in [0.5, 0.6) is 5.75 Å². The lowest BCUT2D eigenvalue weighted by Crippen LogP contribution is -2.31. The van der Waals surface area contributed by atoms with Crippen LogP contribution in [-0.4, -0.2) is 44.2 Å². The van der Waals surface area contributed by atoms with Gasteiger partial charge in [-0.3, -0.25) is 19.1 Å². The topological polar surface area (TPSA) is 64.4 Å². The molecule has 9 heteroatoms. The van der Waals surface area contributed by atoms with Gasteiger partial charge in [-0.15, -0.1) is 0 Å². The first-order chi connectivity index (χ1) is 18.0. The van der Waals surface area contributed by atoms with E-state index in [1.807, 2.05) is 72.8 Å². The third kappa shape index (κ3) is 5.64. The van der Waals surface area contributed by atoms with Crippen molar-refractivity contribution in [3.8, 4) is 5.75 Å². The van der Waals surface area contributed by atoms with Crippen molar-refractivity contribution in [1.82, 2.24) is 14.5 Å². The lowest BCUT2D eigenvalue weighted by molar-refractivity contribution is -0.122. The Kier molecular flexibility index (Phi) is 7.73. The number of rotatable bonds is 8. The van der Waals surface area contributed by atoms with Gasteiger partial charge in [0.15, 0.2) is 5.16 Å². The number of ether oxygens (including phenoxy) is 1. The number of amides is 1. The van der Waals surface area contributed by atoms with Crippen LogP contribution in [0.25, 0.3) is 17.1 Å². The van der Waals surface area contributed by atoms with Gasteiger partial charge in [0.05, 0.1) is 23.0 Å². The predicted octanol–water partition coefficient (Wildman–Crippen LogP) is 6.27. The number of para-hydroxylation sites is 2. The minimum Gasteiger partial charge on any atom is -0.497 e. The van der Waals surface area contributed by atoms with E-state index in [0.717, 1.165) is 27.9 Å². The maximum absolute atomic E-state index is 13.5. The molecule has 0 bridgehead atoms. The summed E-state index contributed by atoms with van der Waals surface area (Å²) in [5, 5.41) is 0.639. The Morgan fingerprint density at radius 1 is 1.05 bits per heavy atom. The zero-order valence-corrected chi connectivity index (χ0v) is 22.4. The molecule has 5 rings (SSSR count). The van der Waals surface area contributed by atoms with Crippen molar-refractivity contribution in [1.29, 1.82) is 0 Å². The molecule has 0 spiro atoms. The fraction of sp³-hybridized carbons (Fsp3) is 0.143. The monoisotopic (exact) mass is 545 g/mol. The molecule has 0 unspecified atom stereocenters. The van der Waals surface area contributed by atoms with Crippen LogP contribution in [-0.2, 0) is 10.5 Å². The van der Waals surface area contributed by atoms with Crippen LogP contribution >= 0.6 is 35.7 Å². The number of imidazole rings is 1. The van der Waals surface area contributed by atoms with Crippen LogP contribution < -0.4 is 4.74 Å². The molecular formula is C28H23N3O3S3. The number of fused-ring (bicyclic) bond motifs is 1. The highest BCUT2D eigenvalue weighted by molar-refractivity contribution is 8.26. The Morgan fingerprint density at radius 2 is 1.78 bits per heavy atom. The minimum absolute atomic E-state index is 0.126. The predicted molar refractivity (Wildman–Crippen MR) is 154 cm³/mol. The van der Waals surface area contributed by atoms with Crippen LogP contribution in [0.2, 0.25) is 0 Å². The van der Waals surface area contributed by atoms with E-state index in [2.05, 4.69) is 12.1 Å². The molecule has 1 aliphatic rings. The van der Waals surface area contributed by atoms with E-state index in [0.29, 0.717) is 20.1 Å². The molecule has 37 heavy (non-hydrogen) atoms. The van der Waals surface area contributed by atoms with E-state index < -0.39 is 0 Å². The van der Waals surface area contributed by atoms with E-state index in [4.69, 9.17) is 21.9 Å². The van der Waals surface area contributed by atoms with Crippen LogP contribution in [0.3, 0.4) is 0 Å². The summed E-state index contributed by atoms with van der Waals surface area (Å²) in [4.78, 5) is 33.3. The van der Waals surface area contributed by atoms with Crippen molar-refractivity contribution in [2.24, 2.45) is 0 Å². The van der Waals surface area contributed by atoms with Crippen LogP contribution in [0, 0.1) is 0 Å². The van der Waals surface area contributed by atoms with Crippen molar-refractivity contribution in [2.45, 2.75) is 17.3 Å². The SMILES string of the molecule is COc1ccc(/C=C2\SC(=S)N(CCC(=O)n3c(SCc4ccccc4)nc4ccccc43)C2=O)cc1. The van der Waals surface area contributed by atoms with Gasteiger partial charge in [-0.2, -0.15) is 0 Å². The first-order valence-electron chi connectivity index (χ1n) is 11.6. The molecular weight excluding hydrogens is 523 g/mol. The van der Waals surface area contributed by atoms with Crippen molar-refractivity contribution in [2.75, 3.05) is 13.7 Å². The molecule has 3 aromatic carbocycles. The van der Waals surface area contributed by atoms with Crippen LogP contribution in [0.1, 0.15) is 22.3 Å². The zero-order valence-electron chi connectivity index (χ0n) is 20.0.